The van der Waals surface area contributed by atoms with E-state index >= 15 is 0 Å². The van der Waals surface area contributed by atoms with Crippen LogP contribution in [0, 0.1) is 0 Å². The number of rotatable bonds is 9. The Morgan fingerprint density at radius 3 is 2.43 bits per heavy atom. The van der Waals surface area contributed by atoms with Crippen LogP contribution in [0.4, 0.5) is 0 Å². The van der Waals surface area contributed by atoms with Crippen LogP contribution in [-0.4, -0.2) is 55.1 Å². The summed E-state index contributed by atoms with van der Waals surface area (Å²) in [6, 6.07) is 3.86. The van der Waals surface area contributed by atoms with E-state index in [4.69, 9.17) is 14.2 Å². The second kappa shape index (κ2) is 12.3. The van der Waals surface area contributed by atoms with Crippen LogP contribution >= 0.6 is 24.0 Å². The number of benzene rings is 1. The average Bonchev–Trinajstić information content (AvgIpc) is 3.10. The molecule has 0 aliphatic heterocycles. The van der Waals surface area contributed by atoms with E-state index in [0.29, 0.717) is 30.3 Å². The van der Waals surface area contributed by atoms with Crippen LogP contribution in [0.15, 0.2) is 23.5 Å². The summed E-state index contributed by atoms with van der Waals surface area (Å²) in [5.41, 5.74) is 1.02. The number of hydrogen-bond acceptors (Lipinski definition) is 6. The van der Waals surface area contributed by atoms with Gasteiger partial charge in [-0.1, -0.05) is 6.07 Å². The first-order chi connectivity index (χ1) is 13.1. The molecule has 0 unspecified atom stereocenters. The first-order valence-electron chi connectivity index (χ1n) is 8.77. The molecule has 0 amide bonds. The Balaban J connectivity index is 0.00000392. The van der Waals surface area contributed by atoms with Crippen molar-refractivity contribution >= 4 is 29.9 Å². The monoisotopic (exact) mass is 504 g/mol. The van der Waals surface area contributed by atoms with Crippen molar-refractivity contribution in [3.8, 4) is 17.2 Å². The van der Waals surface area contributed by atoms with Gasteiger partial charge in [-0.15, -0.1) is 24.0 Å². The van der Waals surface area contributed by atoms with Gasteiger partial charge in [-0.25, -0.2) is 9.98 Å². The van der Waals surface area contributed by atoms with Crippen LogP contribution in [0.3, 0.4) is 0 Å². The van der Waals surface area contributed by atoms with Gasteiger partial charge in [-0.2, -0.15) is 5.10 Å². The maximum Gasteiger partial charge on any atom is 0.203 e. The minimum atomic E-state index is 0. The van der Waals surface area contributed by atoms with E-state index in [2.05, 4.69) is 25.7 Å². The van der Waals surface area contributed by atoms with E-state index in [1.165, 1.54) is 6.33 Å². The van der Waals surface area contributed by atoms with E-state index < -0.39 is 0 Å². The standard InChI is InChI=1S/C18H28N6O3.HI/c1-6-19-18(21-11-15-22-12-23-24(15)2)20-10-9-13-7-8-14(25-3)17(27-5)16(13)26-4;/h7-8,12H,6,9-11H2,1-5H3,(H2,19,20,21);1H. The summed E-state index contributed by atoms with van der Waals surface area (Å²) in [5.74, 6) is 3.44. The van der Waals surface area contributed by atoms with Crippen molar-refractivity contribution < 1.29 is 14.2 Å². The van der Waals surface area contributed by atoms with Crippen LogP contribution in [-0.2, 0) is 20.0 Å². The molecular weight excluding hydrogens is 475 g/mol. The van der Waals surface area contributed by atoms with E-state index in [-0.39, 0.29) is 24.0 Å². The molecule has 156 valence electrons. The zero-order valence-corrected chi connectivity index (χ0v) is 19.3. The third-order valence-corrected chi connectivity index (χ3v) is 4.00. The Morgan fingerprint density at radius 2 is 1.86 bits per heavy atom. The van der Waals surface area contributed by atoms with Crippen molar-refractivity contribution in [3.63, 3.8) is 0 Å². The molecule has 28 heavy (non-hydrogen) atoms. The Morgan fingerprint density at radius 1 is 1.11 bits per heavy atom. The van der Waals surface area contributed by atoms with E-state index in [0.717, 1.165) is 30.3 Å². The number of nitrogens with zero attached hydrogens (tertiary/aromatic N) is 4. The van der Waals surface area contributed by atoms with Gasteiger partial charge in [0, 0.05) is 25.7 Å². The highest BCUT2D eigenvalue weighted by Crippen LogP contribution is 2.39. The SMILES string of the molecule is CCNC(=NCc1ncnn1C)NCCc1ccc(OC)c(OC)c1OC.I. The average molecular weight is 504 g/mol. The van der Waals surface area contributed by atoms with Gasteiger partial charge < -0.3 is 24.8 Å². The molecule has 1 aromatic carbocycles. The molecule has 0 fully saturated rings. The lowest BCUT2D eigenvalue weighted by Gasteiger charge is -2.16. The van der Waals surface area contributed by atoms with Gasteiger partial charge >= 0.3 is 0 Å². The van der Waals surface area contributed by atoms with Crippen molar-refractivity contribution in [1.29, 1.82) is 0 Å². The van der Waals surface area contributed by atoms with Gasteiger partial charge in [0.05, 0.1) is 21.3 Å². The summed E-state index contributed by atoms with van der Waals surface area (Å²) >= 11 is 0. The normalized spacial score (nSPS) is 10.8. The third-order valence-electron chi connectivity index (χ3n) is 4.00. The number of hydrogen-bond donors (Lipinski definition) is 2. The number of nitrogens with one attached hydrogen (secondary N) is 2. The van der Waals surface area contributed by atoms with Crippen LogP contribution in [0.2, 0.25) is 0 Å². The lowest BCUT2D eigenvalue weighted by molar-refractivity contribution is 0.322. The predicted molar refractivity (Wildman–Crippen MR) is 119 cm³/mol. The number of methoxy groups -OCH3 is 3. The minimum Gasteiger partial charge on any atom is -0.493 e. The maximum atomic E-state index is 5.53. The van der Waals surface area contributed by atoms with Crippen molar-refractivity contribution in [2.45, 2.75) is 19.9 Å². The number of aliphatic imine (C=N–C) groups is 1. The van der Waals surface area contributed by atoms with Gasteiger partial charge in [-0.05, 0) is 19.4 Å². The van der Waals surface area contributed by atoms with E-state index in [1.807, 2.05) is 26.1 Å². The van der Waals surface area contributed by atoms with Crippen LogP contribution in [0.1, 0.15) is 18.3 Å². The fourth-order valence-corrected chi connectivity index (χ4v) is 2.63. The summed E-state index contributed by atoms with van der Waals surface area (Å²) in [7, 11) is 6.68. The van der Waals surface area contributed by atoms with Crippen LogP contribution < -0.4 is 24.8 Å². The quantitative estimate of drug-likeness (QED) is 0.305. The first-order valence-corrected chi connectivity index (χ1v) is 8.77. The highest BCUT2D eigenvalue weighted by atomic mass is 127. The molecule has 10 heteroatoms. The molecule has 0 radical (unpaired) electrons. The molecule has 0 bridgehead atoms. The highest BCUT2D eigenvalue weighted by molar-refractivity contribution is 14.0. The molecule has 0 saturated carbocycles. The summed E-state index contributed by atoms with van der Waals surface area (Å²) in [6.45, 7) is 3.92. The smallest absolute Gasteiger partial charge is 0.203 e. The largest absolute Gasteiger partial charge is 0.493 e. The lowest BCUT2D eigenvalue weighted by Crippen LogP contribution is -2.38. The number of guanidine groups is 1. The fourth-order valence-electron chi connectivity index (χ4n) is 2.63. The van der Waals surface area contributed by atoms with Gasteiger partial charge in [0.1, 0.15) is 18.7 Å². The molecule has 0 aliphatic rings. The van der Waals surface area contributed by atoms with E-state index in [1.54, 1.807) is 26.0 Å². The molecule has 2 aromatic rings. The molecule has 2 rings (SSSR count). The lowest BCUT2D eigenvalue weighted by atomic mass is 10.1. The molecule has 1 heterocycles. The zero-order valence-electron chi connectivity index (χ0n) is 17.0. The number of aromatic nitrogens is 3. The molecule has 0 saturated heterocycles. The second-order valence-corrected chi connectivity index (χ2v) is 5.67. The Kier molecular flexibility index (Phi) is 10.4. The predicted octanol–water partition coefficient (Wildman–Crippen LogP) is 1.76. The molecule has 0 atom stereocenters. The maximum absolute atomic E-state index is 5.53. The number of aryl methyl sites for hydroxylation is 1. The molecular formula is C18H29IN6O3. The highest BCUT2D eigenvalue weighted by Gasteiger charge is 2.15. The zero-order chi connectivity index (χ0) is 19.6. The molecule has 0 spiro atoms. The van der Waals surface area contributed by atoms with E-state index in [9.17, 15) is 0 Å². The minimum absolute atomic E-state index is 0. The van der Waals surface area contributed by atoms with Crippen molar-refractivity contribution in [3.05, 3.63) is 29.8 Å². The summed E-state index contributed by atoms with van der Waals surface area (Å²) in [4.78, 5) is 8.73. The molecule has 1 aromatic heterocycles. The number of halogens is 1. The van der Waals surface area contributed by atoms with Gasteiger partial charge in [-0.3, -0.25) is 4.68 Å². The van der Waals surface area contributed by atoms with Crippen LogP contribution in [0.25, 0.3) is 0 Å². The molecule has 2 N–H and O–H groups in total. The molecule has 9 nitrogen and oxygen atoms in total. The first kappa shape index (κ1) is 23.8. The summed E-state index contributed by atoms with van der Waals surface area (Å²) in [5, 5.41) is 10.6. The molecule has 0 aliphatic carbocycles. The van der Waals surface area contributed by atoms with Crippen molar-refractivity contribution in [1.82, 2.24) is 25.4 Å². The van der Waals surface area contributed by atoms with Gasteiger partial charge in [0.25, 0.3) is 0 Å². The third kappa shape index (κ3) is 6.14. The van der Waals surface area contributed by atoms with Crippen LogP contribution in [0.5, 0.6) is 17.2 Å². The van der Waals surface area contributed by atoms with Crippen molar-refractivity contribution in [2.24, 2.45) is 12.0 Å². The van der Waals surface area contributed by atoms with Gasteiger partial charge in [0.2, 0.25) is 5.75 Å². The topological polar surface area (TPSA) is 94.8 Å². The number of ether oxygens (including phenoxy) is 3. The summed E-state index contributed by atoms with van der Waals surface area (Å²) in [6.07, 6.45) is 2.26. The summed E-state index contributed by atoms with van der Waals surface area (Å²) < 4.78 is 18.0. The second-order valence-electron chi connectivity index (χ2n) is 5.67. The Hall–Kier alpha value is -2.24. The fraction of sp³-hybridized carbons (Fsp3) is 0.500. The van der Waals surface area contributed by atoms with Crippen molar-refractivity contribution in [2.75, 3.05) is 34.4 Å². The van der Waals surface area contributed by atoms with Gasteiger partial charge in [0.15, 0.2) is 17.5 Å². The Bertz CT molecular complexity index is 766. The Labute approximate surface area is 182 Å².